The first kappa shape index (κ1) is 19.6. The van der Waals surface area contributed by atoms with E-state index in [2.05, 4.69) is 4.98 Å². The van der Waals surface area contributed by atoms with Gasteiger partial charge in [0.15, 0.2) is 0 Å². The van der Waals surface area contributed by atoms with E-state index in [1.165, 1.54) is 4.31 Å². The van der Waals surface area contributed by atoms with Gasteiger partial charge < -0.3 is 4.90 Å². The average molecular weight is 341 g/mol. The van der Waals surface area contributed by atoms with Gasteiger partial charge in [-0.1, -0.05) is 19.9 Å². The molecule has 7 heteroatoms. The number of hydrogen-bond acceptors (Lipinski definition) is 4. The van der Waals surface area contributed by atoms with Crippen molar-refractivity contribution in [1.29, 1.82) is 0 Å². The molecule has 1 rings (SSSR count). The van der Waals surface area contributed by atoms with Gasteiger partial charge in [-0.25, -0.2) is 8.42 Å². The lowest BCUT2D eigenvalue weighted by Gasteiger charge is -2.24. The molecule has 0 saturated heterocycles. The van der Waals surface area contributed by atoms with Crippen LogP contribution in [-0.4, -0.2) is 54.4 Å². The van der Waals surface area contributed by atoms with Gasteiger partial charge in [0, 0.05) is 32.3 Å². The highest BCUT2D eigenvalue weighted by Gasteiger charge is 2.20. The highest BCUT2D eigenvalue weighted by atomic mass is 32.2. The number of nitrogens with zero attached hydrogens (tertiary/aromatic N) is 3. The predicted octanol–water partition coefficient (Wildman–Crippen LogP) is 1.88. The van der Waals surface area contributed by atoms with Crippen LogP contribution < -0.4 is 0 Å². The van der Waals surface area contributed by atoms with E-state index in [1.807, 2.05) is 19.9 Å². The van der Waals surface area contributed by atoms with Crippen LogP contribution in [0.25, 0.3) is 0 Å². The minimum atomic E-state index is -3.39. The van der Waals surface area contributed by atoms with E-state index in [0.717, 1.165) is 19.1 Å². The second kappa shape index (κ2) is 9.62. The van der Waals surface area contributed by atoms with Gasteiger partial charge in [-0.2, -0.15) is 4.31 Å². The number of sulfonamides is 1. The van der Waals surface area contributed by atoms with Gasteiger partial charge in [0.1, 0.15) is 0 Å². The maximum atomic E-state index is 12.3. The first-order valence-electron chi connectivity index (χ1n) is 8.01. The van der Waals surface area contributed by atoms with Crippen molar-refractivity contribution >= 4 is 15.9 Å². The van der Waals surface area contributed by atoms with Crippen LogP contribution in [0.5, 0.6) is 0 Å². The van der Waals surface area contributed by atoms with Crippen LogP contribution in [0, 0.1) is 0 Å². The second-order valence-electron chi connectivity index (χ2n) is 5.55. The Morgan fingerprint density at radius 1 is 1.13 bits per heavy atom. The Hall–Kier alpha value is -1.47. The zero-order valence-corrected chi connectivity index (χ0v) is 15.1. The lowest BCUT2D eigenvalue weighted by atomic mass is 10.3. The quantitative estimate of drug-likeness (QED) is 0.651. The van der Waals surface area contributed by atoms with Crippen LogP contribution in [0.15, 0.2) is 24.4 Å². The molecule has 0 spiro atoms. The fourth-order valence-electron chi connectivity index (χ4n) is 2.31. The van der Waals surface area contributed by atoms with Crippen LogP contribution in [0.3, 0.4) is 0 Å². The highest BCUT2D eigenvalue weighted by Crippen LogP contribution is 2.08. The average Bonchev–Trinajstić information content (AvgIpc) is 2.50. The summed E-state index contributed by atoms with van der Waals surface area (Å²) in [5, 5.41) is 0. The van der Waals surface area contributed by atoms with Crippen LogP contribution in [0.1, 0.15) is 38.8 Å². The summed E-state index contributed by atoms with van der Waals surface area (Å²) >= 11 is 0. The molecule has 130 valence electrons. The highest BCUT2D eigenvalue weighted by molar-refractivity contribution is 7.88. The maximum Gasteiger partial charge on any atom is 0.223 e. The summed E-state index contributed by atoms with van der Waals surface area (Å²) in [6.07, 6.45) is 4.78. The number of amides is 1. The van der Waals surface area contributed by atoms with Crippen LogP contribution >= 0.6 is 0 Å². The monoisotopic (exact) mass is 341 g/mol. The zero-order chi connectivity index (χ0) is 17.3. The lowest BCUT2D eigenvalue weighted by molar-refractivity contribution is -0.131. The van der Waals surface area contributed by atoms with E-state index in [4.69, 9.17) is 0 Å². The largest absolute Gasteiger partial charge is 0.343 e. The van der Waals surface area contributed by atoms with Crippen LogP contribution in [0.2, 0.25) is 0 Å². The Kier molecular flexibility index (Phi) is 8.19. The third-order valence-electron chi connectivity index (χ3n) is 3.45. The molecule has 23 heavy (non-hydrogen) atoms. The summed E-state index contributed by atoms with van der Waals surface area (Å²) < 4.78 is 25.2. The Labute approximate surface area is 139 Å². The zero-order valence-electron chi connectivity index (χ0n) is 14.2. The van der Waals surface area contributed by atoms with Crippen LogP contribution in [-0.2, 0) is 21.4 Å². The molecule has 0 unspecified atom stereocenters. The molecule has 1 amide bonds. The van der Waals surface area contributed by atoms with Gasteiger partial charge in [-0.15, -0.1) is 0 Å². The third-order valence-corrected chi connectivity index (χ3v) is 4.70. The molecular formula is C16H27N3O3S. The maximum absolute atomic E-state index is 12.3. The molecule has 0 atom stereocenters. The van der Waals surface area contributed by atoms with Gasteiger partial charge in [-0.3, -0.25) is 9.78 Å². The lowest BCUT2D eigenvalue weighted by Crippen LogP contribution is -2.37. The molecule has 0 aliphatic carbocycles. The summed E-state index contributed by atoms with van der Waals surface area (Å²) in [5.41, 5.74) is 0.671. The number of carbonyl (C=O) groups excluding carboxylic acids is 1. The second-order valence-corrected chi connectivity index (χ2v) is 7.53. The van der Waals surface area contributed by atoms with Gasteiger partial charge in [0.2, 0.25) is 15.9 Å². The van der Waals surface area contributed by atoms with E-state index in [-0.39, 0.29) is 25.4 Å². The molecule has 1 aromatic rings. The fourth-order valence-corrected chi connectivity index (χ4v) is 3.10. The summed E-state index contributed by atoms with van der Waals surface area (Å²) in [6, 6.07) is 5.38. The SMILES string of the molecule is CCCN(CCC)C(=O)CCN(Cc1ccccn1)S(C)(=O)=O. The predicted molar refractivity (Wildman–Crippen MR) is 91.3 cm³/mol. The Balaban J connectivity index is 2.69. The molecule has 0 N–H and O–H groups in total. The van der Waals surface area contributed by atoms with E-state index < -0.39 is 10.0 Å². The van der Waals surface area contributed by atoms with Gasteiger partial charge >= 0.3 is 0 Å². The van der Waals surface area contributed by atoms with Crippen molar-refractivity contribution in [3.63, 3.8) is 0 Å². The smallest absolute Gasteiger partial charge is 0.223 e. The summed E-state index contributed by atoms with van der Waals surface area (Å²) in [6.45, 7) is 5.85. The molecule has 0 radical (unpaired) electrons. The third kappa shape index (κ3) is 7.09. The molecule has 0 aliphatic rings. The van der Waals surface area contributed by atoms with Crippen molar-refractivity contribution < 1.29 is 13.2 Å². The summed E-state index contributed by atoms with van der Waals surface area (Å²) in [5.74, 6) is 0.00312. The molecular weight excluding hydrogens is 314 g/mol. The summed E-state index contributed by atoms with van der Waals surface area (Å²) in [7, 11) is -3.39. The number of pyridine rings is 1. The number of hydrogen-bond donors (Lipinski definition) is 0. The first-order chi connectivity index (χ1) is 10.9. The minimum absolute atomic E-state index is 0.00312. The number of rotatable bonds is 10. The topological polar surface area (TPSA) is 70.6 Å². The van der Waals surface area contributed by atoms with E-state index in [1.54, 1.807) is 23.2 Å². The Morgan fingerprint density at radius 3 is 2.26 bits per heavy atom. The van der Waals surface area contributed by atoms with Crippen molar-refractivity contribution in [3.05, 3.63) is 30.1 Å². The molecule has 0 fully saturated rings. The van der Waals surface area contributed by atoms with Crippen molar-refractivity contribution in [1.82, 2.24) is 14.2 Å². The fraction of sp³-hybridized carbons (Fsp3) is 0.625. The number of carbonyl (C=O) groups is 1. The molecule has 0 aliphatic heterocycles. The van der Waals surface area contributed by atoms with E-state index in [0.29, 0.717) is 18.8 Å². The van der Waals surface area contributed by atoms with Gasteiger partial charge in [-0.05, 0) is 25.0 Å². The molecule has 1 aromatic heterocycles. The van der Waals surface area contributed by atoms with Crippen molar-refractivity contribution in [3.8, 4) is 0 Å². The molecule has 0 bridgehead atoms. The van der Waals surface area contributed by atoms with Gasteiger partial charge in [0.25, 0.3) is 0 Å². The Bertz CT molecular complexity index is 569. The molecule has 1 heterocycles. The minimum Gasteiger partial charge on any atom is -0.343 e. The molecule has 6 nitrogen and oxygen atoms in total. The molecule has 0 aromatic carbocycles. The van der Waals surface area contributed by atoms with Crippen LogP contribution in [0.4, 0.5) is 0 Å². The van der Waals surface area contributed by atoms with Crippen molar-refractivity contribution in [2.45, 2.75) is 39.7 Å². The summed E-state index contributed by atoms with van der Waals surface area (Å²) in [4.78, 5) is 18.3. The standard InChI is InChI=1S/C16H27N3O3S/c1-4-11-18(12-5-2)16(20)9-13-19(23(3,21)22)14-15-8-6-7-10-17-15/h6-8,10H,4-5,9,11-14H2,1-3H3. The first-order valence-corrected chi connectivity index (χ1v) is 9.86. The van der Waals surface area contributed by atoms with E-state index in [9.17, 15) is 13.2 Å². The van der Waals surface area contributed by atoms with E-state index >= 15 is 0 Å². The van der Waals surface area contributed by atoms with Crippen molar-refractivity contribution in [2.24, 2.45) is 0 Å². The normalized spacial score (nSPS) is 11.7. The number of aromatic nitrogens is 1. The molecule has 0 saturated carbocycles. The van der Waals surface area contributed by atoms with Gasteiger partial charge in [0.05, 0.1) is 18.5 Å². The van der Waals surface area contributed by atoms with Crippen molar-refractivity contribution in [2.75, 3.05) is 25.9 Å². The Morgan fingerprint density at radius 2 is 1.78 bits per heavy atom.